The van der Waals surface area contributed by atoms with E-state index in [0.29, 0.717) is 0 Å². The van der Waals surface area contributed by atoms with E-state index in [1.807, 2.05) is 0 Å². The van der Waals surface area contributed by atoms with Crippen molar-refractivity contribution >= 4 is 15.9 Å². The molecule has 0 aromatic rings. The van der Waals surface area contributed by atoms with Gasteiger partial charge in [-0.3, -0.25) is 0 Å². The van der Waals surface area contributed by atoms with Crippen molar-refractivity contribution in [3.8, 4) is 0 Å². The fourth-order valence-electron chi connectivity index (χ4n) is 0.693. The molecule has 0 aliphatic heterocycles. The highest BCUT2D eigenvalue weighted by molar-refractivity contribution is 9.10. The standard InChI is InChI=1S/C7H7BrF2/c1-7(8)3-2-5(9)4-6(7)10/h2-4,6H,1H3. The molecule has 1 aliphatic rings. The SMILES string of the molecule is CC1(Br)C=CC(F)=CC1F. The van der Waals surface area contributed by atoms with Crippen LogP contribution in [0.1, 0.15) is 6.92 Å². The van der Waals surface area contributed by atoms with Crippen molar-refractivity contribution in [2.75, 3.05) is 0 Å². The summed E-state index contributed by atoms with van der Waals surface area (Å²) in [6.07, 6.45) is 2.39. The van der Waals surface area contributed by atoms with Crippen molar-refractivity contribution in [1.82, 2.24) is 0 Å². The van der Waals surface area contributed by atoms with Crippen LogP contribution < -0.4 is 0 Å². The molecule has 1 rings (SSSR count). The van der Waals surface area contributed by atoms with Gasteiger partial charge in [-0.15, -0.1) is 0 Å². The molecule has 0 fully saturated rings. The van der Waals surface area contributed by atoms with Crippen LogP contribution in [-0.4, -0.2) is 10.5 Å². The average Bonchev–Trinajstić information content (AvgIpc) is 1.81. The van der Waals surface area contributed by atoms with Gasteiger partial charge in [-0.05, 0) is 19.1 Å². The zero-order valence-electron chi connectivity index (χ0n) is 5.44. The molecule has 0 saturated heterocycles. The summed E-state index contributed by atoms with van der Waals surface area (Å²) in [4.78, 5) is 0. The Bertz CT molecular complexity index is 194. The maximum Gasteiger partial charge on any atom is 0.140 e. The van der Waals surface area contributed by atoms with Crippen LogP contribution in [0.5, 0.6) is 0 Å². The lowest BCUT2D eigenvalue weighted by molar-refractivity contribution is 0.353. The number of halogens is 3. The predicted octanol–water partition coefficient (Wildman–Crippen LogP) is 2.90. The van der Waals surface area contributed by atoms with Gasteiger partial charge in [0.15, 0.2) is 0 Å². The third kappa shape index (κ3) is 1.45. The van der Waals surface area contributed by atoms with Crippen LogP contribution in [-0.2, 0) is 0 Å². The largest absolute Gasteiger partial charge is 0.241 e. The Hall–Kier alpha value is -0.180. The minimum absolute atomic E-state index is 0.510. The van der Waals surface area contributed by atoms with Crippen molar-refractivity contribution in [1.29, 1.82) is 0 Å². The average molecular weight is 209 g/mol. The van der Waals surface area contributed by atoms with Crippen molar-refractivity contribution in [3.63, 3.8) is 0 Å². The fourth-order valence-corrected chi connectivity index (χ4v) is 0.957. The first kappa shape index (κ1) is 7.92. The Balaban J connectivity index is 2.84. The van der Waals surface area contributed by atoms with Crippen molar-refractivity contribution in [2.24, 2.45) is 0 Å². The molecule has 1 aliphatic carbocycles. The Kier molecular flexibility index (Phi) is 1.95. The first-order chi connectivity index (χ1) is 4.52. The van der Waals surface area contributed by atoms with Crippen LogP contribution in [0.2, 0.25) is 0 Å². The number of allylic oxidation sites excluding steroid dienone is 4. The van der Waals surface area contributed by atoms with Gasteiger partial charge in [0.1, 0.15) is 12.0 Å². The molecule has 0 aromatic heterocycles. The molecular formula is C7H7BrF2. The van der Waals surface area contributed by atoms with E-state index in [0.717, 1.165) is 6.08 Å². The third-order valence-corrected chi connectivity index (χ3v) is 2.11. The van der Waals surface area contributed by atoms with E-state index >= 15 is 0 Å². The molecule has 0 heterocycles. The lowest BCUT2D eigenvalue weighted by Crippen LogP contribution is -2.27. The number of rotatable bonds is 0. The third-order valence-electron chi connectivity index (χ3n) is 1.41. The van der Waals surface area contributed by atoms with Crippen LogP contribution in [0.3, 0.4) is 0 Å². The summed E-state index contributed by atoms with van der Waals surface area (Å²) in [5, 5.41) is 0. The molecule has 10 heavy (non-hydrogen) atoms. The van der Waals surface area contributed by atoms with E-state index in [-0.39, 0.29) is 0 Å². The van der Waals surface area contributed by atoms with Gasteiger partial charge >= 0.3 is 0 Å². The normalized spacial score (nSPS) is 39.6. The summed E-state index contributed by atoms with van der Waals surface area (Å²) in [7, 11) is 0. The van der Waals surface area contributed by atoms with Crippen molar-refractivity contribution < 1.29 is 8.78 Å². The highest BCUT2D eigenvalue weighted by atomic mass is 79.9. The lowest BCUT2D eigenvalue weighted by Gasteiger charge is -2.22. The summed E-state index contributed by atoms with van der Waals surface area (Å²) in [6, 6.07) is 0. The van der Waals surface area contributed by atoms with Crippen LogP contribution in [0.4, 0.5) is 8.78 Å². The number of hydrogen-bond donors (Lipinski definition) is 0. The zero-order valence-corrected chi connectivity index (χ0v) is 7.03. The quantitative estimate of drug-likeness (QED) is 0.538. The van der Waals surface area contributed by atoms with E-state index in [4.69, 9.17) is 0 Å². The predicted molar refractivity (Wildman–Crippen MR) is 40.6 cm³/mol. The molecule has 0 saturated carbocycles. The van der Waals surface area contributed by atoms with Crippen LogP contribution in [0.25, 0.3) is 0 Å². The van der Waals surface area contributed by atoms with E-state index in [9.17, 15) is 8.78 Å². The number of alkyl halides is 2. The molecule has 2 unspecified atom stereocenters. The molecule has 0 amide bonds. The first-order valence-corrected chi connectivity index (χ1v) is 3.71. The maximum absolute atomic E-state index is 12.8. The number of hydrogen-bond acceptors (Lipinski definition) is 0. The van der Waals surface area contributed by atoms with E-state index in [2.05, 4.69) is 15.9 Å². The van der Waals surface area contributed by atoms with Crippen LogP contribution >= 0.6 is 15.9 Å². The molecule has 56 valence electrons. The lowest BCUT2D eigenvalue weighted by atomic mass is 10.0. The van der Waals surface area contributed by atoms with E-state index < -0.39 is 16.3 Å². The second kappa shape index (κ2) is 2.46. The Morgan fingerprint density at radius 1 is 1.70 bits per heavy atom. The van der Waals surface area contributed by atoms with Gasteiger partial charge in [0.2, 0.25) is 0 Å². The van der Waals surface area contributed by atoms with E-state index in [1.54, 1.807) is 6.92 Å². The van der Waals surface area contributed by atoms with Crippen LogP contribution in [0, 0.1) is 0 Å². The first-order valence-electron chi connectivity index (χ1n) is 2.92. The second-order valence-corrected chi connectivity index (χ2v) is 4.15. The monoisotopic (exact) mass is 208 g/mol. The minimum atomic E-state index is -1.28. The van der Waals surface area contributed by atoms with Crippen molar-refractivity contribution in [2.45, 2.75) is 17.4 Å². The Morgan fingerprint density at radius 2 is 2.30 bits per heavy atom. The Morgan fingerprint density at radius 3 is 2.70 bits per heavy atom. The molecule has 2 atom stereocenters. The summed E-state index contributed by atoms with van der Waals surface area (Å²) in [6.45, 7) is 1.65. The van der Waals surface area contributed by atoms with Gasteiger partial charge in [-0.2, -0.15) is 0 Å². The smallest absolute Gasteiger partial charge is 0.140 e. The maximum atomic E-state index is 12.8. The molecule has 3 heteroatoms. The topological polar surface area (TPSA) is 0 Å². The zero-order chi connectivity index (χ0) is 7.78. The van der Waals surface area contributed by atoms with Gasteiger partial charge in [-0.25, -0.2) is 8.78 Å². The molecule has 0 nitrogen and oxygen atoms in total. The van der Waals surface area contributed by atoms with Gasteiger partial charge in [0, 0.05) is 0 Å². The van der Waals surface area contributed by atoms with E-state index in [1.165, 1.54) is 12.2 Å². The van der Waals surface area contributed by atoms with Gasteiger partial charge in [-0.1, -0.05) is 22.0 Å². The highest BCUT2D eigenvalue weighted by Gasteiger charge is 2.30. The molecular weight excluding hydrogens is 202 g/mol. The molecule has 0 N–H and O–H groups in total. The van der Waals surface area contributed by atoms with Gasteiger partial charge in [0.25, 0.3) is 0 Å². The fraction of sp³-hybridized carbons (Fsp3) is 0.429. The minimum Gasteiger partial charge on any atom is -0.241 e. The summed E-state index contributed by atoms with van der Waals surface area (Å²) >= 11 is 3.11. The van der Waals surface area contributed by atoms with Gasteiger partial charge in [0.05, 0.1) is 4.32 Å². The summed E-state index contributed by atoms with van der Waals surface area (Å²) in [5.74, 6) is -0.510. The van der Waals surface area contributed by atoms with Gasteiger partial charge < -0.3 is 0 Å². The van der Waals surface area contributed by atoms with Crippen molar-refractivity contribution in [3.05, 3.63) is 24.1 Å². The molecule has 0 aromatic carbocycles. The summed E-state index contributed by atoms with van der Waals surface area (Å²) in [5.41, 5.74) is 0. The highest BCUT2D eigenvalue weighted by Crippen LogP contribution is 2.31. The summed E-state index contributed by atoms with van der Waals surface area (Å²) < 4.78 is 24.4. The Labute approximate surface area is 66.7 Å². The second-order valence-electron chi connectivity index (χ2n) is 2.44. The molecule has 0 spiro atoms. The molecule has 0 radical (unpaired) electrons. The molecule has 0 bridgehead atoms. The van der Waals surface area contributed by atoms with Crippen LogP contribution in [0.15, 0.2) is 24.1 Å².